The van der Waals surface area contributed by atoms with Crippen LogP contribution in [0.25, 0.3) is 11.5 Å². The van der Waals surface area contributed by atoms with Crippen LogP contribution in [0, 0.1) is 26.6 Å². The summed E-state index contributed by atoms with van der Waals surface area (Å²) in [7, 11) is 0. The molecular formula is C31H28FN5O. The zero-order valence-electron chi connectivity index (χ0n) is 21.5. The van der Waals surface area contributed by atoms with Crippen LogP contribution in [0.15, 0.2) is 91.1 Å². The van der Waals surface area contributed by atoms with E-state index < -0.39 is 6.04 Å². The summed E-state index contributed by atoms with van der Waals surface area (Å²) in [4.78, 5) is 15.9. The van der Waals surface area contributed by atoms with E-state index in [0.717, 1.165) is 50.8 Å². The van der Waals surface area contributed by atoms with Gasteiger partial charge in [0.15, 0.2) is 0 Å². The minimum Gasteiger partial charge on any atom is -0.308 e. The second kappa shape index (κ2) is 9.34. The lowest BCUT2D eigenvalue weighted by Gasteiger charge is -2.31. The van der Waals surface area contributed by atoms with Crippen molar-refractivity contribution >= 4 is 11.7 Å². The van der Waals surface area contributed by atoms with Gasteiger partial charge in [-0.3, -0.25) is 0 Å². The van der Waals surface area contributed by atoms with Crippen LogP contribution < -0.4 is 5.32 Å². The van der Waals surface area contributed by atoms with E-state index in [-0.39, 0.29) is 11.8 Å². The number of nitrogens with one attached hydrogen (secondary N) is 1. The summed E-state index contributed by atoms with van der Waals surface area (Å²) in [5, 5.41) is 8.02. The van der Waals surface area contributed by atoms with Gasteiger partial charge in [0.2, 0.25) is 0 Å². The molecule has 6 rings (SSSR count). The quantitative estimate of drug-likeness (QED) is 0.291. The lowest BCUT2D eigenvalue weighted by atomic mass is 10.0. The number of halogens is 1. The number of benzene rings is 3. The Morgan fingerprint density at radius 3 is 2.45 bits per heavy atom. The number of urea groups is 1. The highest BCUT2D eigenvalue weighted by Gasteiger charge is 2.36. The second-order valence-corrected chi connectivity index (χ2v) is 9.77. The Labute approximate surface area is 221 Å². The van der Waals surface area contributed by atoms with Crippen LogP contribution in [0.4, 0.5) is 14.9 Å². The molecule has 1 aliphatic rings. The molecule has 0 bridgehead atoms. The maximum atomic E-state index is 14.0. The second-order valence-electron chi connectivity index (χ2n) is 9.77. The molecule has 1 N–H and O–H groups in total. The number of fused-ring (bicyclic) bond motifs is 3. The molecule has 6 nitrogen and oxygen atoms in total. The van der Waals surface area contributed by atoms with Crippen LogP contribution in [0.3, 0.4) is 0 Å². The molecule has 5 aromatic rings. The maximum Gasteiger partial charge on any atom is 0.322 e. The van der Waals surface area contributed by atoms with E-state index in [1.54, 1.807) is 12.1 Å². The molecule has 0 saturated carbocycles. The van der Waals surface area contributed by atoms with E-state index in [9.17, 15) is 9.18 Å². The summed E-state index contributed by atoms with van der Waals surface area (Å²) in [6.07, 6.45) is 2.00. The number of aryl methyl sites for hydroxylation is 3. The zero-order valence-corrected chi connectivity index (χ0v) is 21.5. The highest BCUT2D eigenvalue weighted by Crippen LogP contribution is 2.39. The highest BCUT2D eigenvalue weighted by atomic mass is 19.1. The molecule has 0 radical (unpaired) electrons. The van der Waals surface area contributed by atoms with E-state index in [2.05, 4.69) is 9.88 Å². The highest BCUT2D eigenvalue weighted by molar-refractivity contribution is 5.91. The minimum absolute atomic E-state index is 0.237. The predicted molar refractivity (Wildman–Crippen MR) is 146 cm³/mol. The van der Waals surface area contributed by atoms with Crippen LogP contribution in [0.2, 0.25) is 0 Å². The third-order valence-electron chi connectivity index (χ3n) is 7.16. The van der Waals surface area contributed by atoms with Gasteiger partial charge in [-0.05, 0) is 74.4 Å². The fraction of sp³-hybridized carbons (Fsp3) is 0.161. The number of carbonyl (C=O) groups excluding carboxylic acids is 1. The summed E-state index contributed by atoms with van der Waals surface area (Å²) < 4.78 is 18.0. The first-order chi connectivity index (χ1) is 18.4. The molecule has 2 aromatic heterocycles. The van der Waals surface area contributed by atoms with E-state index in [4.69, 9.17) is 5.10 Å². The summed E-state index contributed by atoms with van der Waals surface area (Å²) in [5.41, 5.74) is 7.32. The molecule has 0 saturated heterocycles. The molecule has 3 heterocycles. The summed E-state index contributed by atoms with van der Waals surface area (Å²) in [6, 6.07) is 25.6. The Hall–Kier alpha value is -4.65. The summed E-state index contributed by atoms with van der Waals surface area (Å²) in [6.45, 7) is 6.31. The van der Waals surface area contributed by atoms with Gasteiger partial charge in [-0.15, -0.1) is 0 Å². The van der Waals surface area contributed by atoms with Crippen LogP contribution in [-0.4, -0.2) is 25.3 Å². The molecule has 1 atom stereocenters. The Balaban J connectivity index is 1.53. The van der Waals surface area contributed by atoms with Crippen molar-refractivity contribution in [1.82, 2.24) is 19.2 Å². The van der Waals surface area contributed by atoms with Crippen molar-refractivity contribution in [2.24, 2.45) is 0 Å². The molecule has 7 heteroatoms. The fourth-order valence-electron chi connectivity index (χ4n) is 5.29. The number of anilines is 1. The van der Waals surface area contributed by atoms with Gasteiger partial charge in [-0.1, -0.05) is 48.0 Å². The number of nitrogens with zero attached hydrogens (tertiary/aromatic N) is 4. The molecule has 0 fully saturated rings. The Bertz CT molecular complexity index is 1640. The van der Waals surface area contributed by atoms with Gasteiger partial charge in [0.1, 0.15) is 11.6 Å². The van der Waals surface area contributed by atoms with E-state index in [1.807, 2.05) is 97.2 Å². The van der Waals surface area contributed by atoms with Crippen LogP contribution in [0.1, 0.15) is 39.7 Å². The Kier molecular flexibility index (Phi) is 5.83. The van der Waals surface area contributed by atoms with Crippen molar-refractivity contribution in [2.45, 2.75) is 33.4 Å². The van der Waals surface area contributed by atoms with Crippen LogP contribution in [-0.2, 0) is 6.54 Å². The van der Waals surface area contributed by atoms with Crippen molar-refractivity contribution in [3.8, 4) is 11.5 Å². The molecular weight excluding hydrogens is 477 g/mol. The summed E-state index contributed by atoms with van der Waals surface area (Å²) >= 11 is 0. The standard InChI is InChI=1S/C31H28FN5O/c1-20-11-16-27(21(2)18-20)33-31(38)36-19-26-22(3)34-37(25-8-5-4-6-9-25)30(26)35-17-7-10-28(35)29(36)23-12-14-24(32)15-13-23/h4-18,29H,19H2,1-3H3,(H,33,38)/t29-/m1/s1. The van der Waals surface area contributed by atoms with Crippen LogP contribution >= 0.6 is 0 Å². The predicted octanol–water partition coefficient (Wildman–Crippen LogP) is 6.86. The lowest BCUT2D eigenvalue weighted by Crippen LogP contribution is -2.38. The topological polar surface area (TPSA) is 55.1 Å². The van der Waals surface area contributed by atoms with Crippen molar-refractivity contribution < 1.29 is 9.18 Å². The number of hydrogen-bond donors (Lipinski definition) is 1. The lowest BCUT2D eigenvalue weighted by molar-refractivity contribution is 0.194. The molecule has 0 unspecified atom stereocenters. The van der Waals surface area contributed by atoms with Gasteiger partial charge in [0.05, 0.1) is 29.7 Å². The van der Waals surface area contributed by atoms with Gasteiger partial charge in [0, 0.05) is 17.4 Å². The first-order valence-corrected chi connectivity index (χ1v) is 12.6. The number of rotatable bonds is 3. The fourth-order valence-corrected chi connectivity index (χ4v) is 5.29. The molecule has 3 aromatic carbocycles. The number of amides is 2. The van der Waals surface area contributed by atoms with E-state index in [1.165, 1.54) is 12.1 Å². The SMILES string of the molecule is Cc1ccc(NC(=O)N2Cc3c(C)nn(-c4ccccc4)c3-n3cccc3[C@H]2c2ccc(F)cc2)c(C)c1. The van der Waals surface area contributed by atoms with E-state index >= 15 is 0 Å². The molecule has 0 aliphatic carbocycles. The monoisotopic (exact) mass is 505 g/mol. The number of aromatic nitrogens is 3. The van der Waals surface area contributed by atoms with Crippen molar-refractivity contribution in [1.29, 1.82) is 0 Å². The first kappa shape index (κ1) is 23.7. The minimum atomic E-state index is -0.452. The third-order valence-corrected chi connectivity index (χ3v) is 7.16. The Morgan fingerprint density at radius 1 is 0.947 bits per heavy atom. The number of carbonyl (C=O) groups is 1. The molecule has 38 heavy (non-hydrogen) atoms. The summed E-state index contributed by atoms with van der Waals surface area (Å²) in [5.74, 6) is 0.575. The zero-order chi connectivity index (χ0) is 26.4. The largest absolute Gasteiger partial charge is 0.322 e. The normalized spacial score (nSPS) is 14.5. The van der Waals surface area contributed by atoms with Crippen LogP contribution in [0.5, 0.6) is 0 Å². The molecule has 190 valence electrons. The van der Waals surface area contributed by atoms with Crippen molar-refractivity contribution in [3.05, 3.63) is 131 Å². The van der Waals surface area contributed by atoms with Gasteiger partial charge in [0.25, 0.3) is 0 Å². The maximum absolute atomic E-state index is 14.0. The molecule has 0 spiro atoms. The van der Waals surface area contributed by atoms with E-state index in [0.29, 0.717) is 6.54 Å². The van der Waals surface area contributed by atoms with Gasteiger partial charge in [-0.2, -0.15) is 5.10 Å². The average Bonchev–Trinajstić information content (AvgIpc) is 3.47. The number of para-hydroxylation sites is 1. The number of hydrogen-bond acceptors (Lipinski definition) is 2. The molecule has 2 amide bonds. The van der Waals surface area contributed by atoms with Crippen molar-refractivity contribution in [3.63, 3.8) is 0 Å². The Morgan fingerprint density at radius 2 is 1.71 bits per heavy atom. The molecule has 1 aliphatic heterocycles. The third kappa shape index (κ3) is 4.06. The van der Waals surface area contributed by atoms with Gasteiger partial charge in [-0.25, -0.2) is 13.9 Å². The smallest absolute Gasteiger partial charge is 0.308 e. The van der Waals surface area contributed by atoms with Crippen molar-refractivity contribution in [2.75, 3.05) is 5.32 Å². The average molecular weight is 506 g/mol. The van der Waals surface area contributed by atoms with Gasteiger partial charge >= 0.3 is 6.03 Å². The first-order valence-electron chi connectivity index (χ1n) is 12.6. The van der Waals surface area contributed by atoms with Gasteiger partial charge < -0.3 is 14.8 Å².